The number of aryl methyl sites for hydroxylation is 1. The Kier molecular flexibility index (Phi) is 8.22. The Balaban J connectivity index is 0.000000588. The number of methoxy groups -OCH3 is 2. The molecule has 0 aliphatic rings. The molecule has 0 fully saturated rings. The highest BCUT2D eigenvalue weighted by Crippen LogP contribution is 2.34. The summed E-state index contributed by atoms with van der Waals surface area (Å²) in [4.78, 5) is 0. The van der Waals surface area contributed by atoms with Gasteiger partial charge in [0, 0.05) is 5.56 Å². The van der Waals surface area contributed by atoms with Crippen molar-refractivity contribution in [2.24, 2.45) is 0 Å². The van der Waals surface area contributed by atoms with E-state index in [1.807, 2.05) is 48.5 Å². The lowest BCUT2D eigenvalue weighted by molar-refractivity contribution is -2.00. The van der Waals surface area contributed by atoms with Crippen molar-refractivity contribution in [3.63, 3.8) is 0 Å². The van der Waals surface area contributed by atoms with Crippen LogP contribution in [0.3, 0.4) is 0 Å². The van der Waals surface area contributed by atoms with Crippen LogP contribution in [0.15, 0.2) is 89.3 Å². The second-order valence-electron chi connectivity index (χ2n) is 7.28. The molecule has 0 amide bonds. The summed E-state index contributed by atoms with van der Waals surface area (Å²) in [6, 6.07) is 28.5. The Morgan fingerprint density at radius 1 is 0.559 bits per heavy atom. The molecule has 1 aromatic heterocycles. The van der Waals surface area contributed by atoms with Gasteiger partial charge in [-0.2, -0.15) is 0 Å². The van der Waals surface area contributed by atoms with Gasteiger partial charge in [0.05, 0.1) is 37.5 Å². The Bertz CT molecular complexity index is 1130. The fourth-order valence-electron chi connectivity index (χ4n) is 3.21. The van der Waals surface area contributed by atoms with Crippen molar-refractivity contribution in [3.05, 3.63) is 90.5 Å². The van der Waals surface area contributed by atoms with Crippen LogP contribution in [0.5, 0.6) is 11.5 Å². The number of benzene rings is 3. The molecule has 0 radical (unpaired) electrons. The zero-order valence-electron chi connectivity index (χ0n) is 18.8. The van der Waals surface area contributed by atoms with Crippen molar-refractivity contribution in [1.29, 1.82) is 0 Å². The van der Waals surface area contributed by atoms with E-state index in [0.29, 0.717) is 0 Å². The van der Waals surface area contributed by atoms with E-state index in [-0.39, 0.29) is 0 Å². The van der Waals surface area contributed by atoms with Crippen molar-refractivity contribution >= 4 is 0 Å². The van der Waals surface area contributed by atoms with Gasteiger partial charge in [-0.3, -0.25) is 0 Å². The Morgan fingerprint density at radius 2 is 0.912 bits per heavy atom. The maximum atomic E-state index is 8.49. The molecular weight excluding hydrogens is 460 g/mol. The van der Waals surface area contributed by atoms with E-state index < -0.39 is 10.2 Å². The fourth-order valence-corrected chi connectivity index (χ4v) is 3.21. The minimum absolute atomic E-state index is 0.802. The van der Waals surface area contributed by atoms with Crippen LogP contribution < -0.4 is 28.1 Å². The van der Waals surface area contributed by atoms with Gasteiger partial charge in [-0.1, -0.05) is 29.8 Å². The van der Waals surface area contributed by atoms with Crippen LogP contribution in [-0.2, 0) is 0 Å². The second kappa shape index (κ2) is 11.1. The van der Waals surface area contributed by atoms with Gasteiger partial charge in [-0.05, 0) is 61.0 Å². The zero-order valence-corrected chi connectivity index (χ0v) is 19.6. The first-order valence-corrected chi connectivity index (χ1v) is 11.4. The van der Waals surface area contributed by atoms with Crippen molar-refractivity contribution in [3.8, 4) is 45.3 Å². The lowest BCUT2D eigenvalue weighted by Gasteiger charge is -2.17. The third kappa shape index (κ3) is 7.28. The quantitative estimate of drug-likeness (QED) is 0.399. The lowest BCUT2D eigenvalue weighted by atomic mass is 10.0. The zero-order chi connectivity index (χ0) is 24.7. The average molecular weight is 483 g/mol. The molecule has 3 aromatic carbocycles. The number of rotatable bonds is 5. The summed E-state index contributed by atoms with van der Waals surface area (Å²) in [5.74, 6) is 3.24. The molecule has 4 rings (SSSR count). The van der Waals surface area contributed by atoms with Gasteiger partial charge in [0.1, 0.15) is 11.5 Å². The van der Waals surface area contributed by atoms with E-state index in [0.717, 1.165) is 45.3 Å². The molecule has 0 N–H and O–H groups in total. The van der Waals surface area contributed by atoms with E-state index in [9.17, 15) is 0 Å². The molecule has 0 bridgehead atoms. The minimum Gasteiger partial charge on any atom is -0.497 e. The van der Waals surface area contributed by atoms with Crippen molar-refractivity contribution in [2.75, 3.05) is 14.2 Å². The molecule has 176 valence electrons. The van der Waals surface area contributed by atoms with E-state index in [1.54, 1.807) is 14.2 Å². The third-order valence-corrected chi connectivity index (χ3v) is 4.93. The molecule has 0 aliphatic heterocycles. The molecule has 4 aromatic rings. The van der Waals surface area contributed by atoms with E-state index in [2.05, 4.69) is 43.3 Å². The SMILES string of the molecule is COc1ccc(-c2cc(-c3ccc(C)cc3)cc(-c3ccc(OC)cc3)[o+]2)cc1.[O-][Cl+3]([O-])([O-])[O-]. The highest BCUT2D eigenvalue weighted by Gasteiger charge is 2.21. The second-order valence-corrected chi connectivity index (χ2v) is 8.03. The Morgan fingerprint density at radius 3 is 1.26 bits per heavy atom. The molecule has 1 heterocycles. The Labute approximate surface area is 199 Å². The van der Waals surface area contributed by atoms with Crippen LogP contribution in [0, 0.1) is 17.2 Å². The smallest absolute Gasteiger partial charge is 0.361 e. The molecule has 0 saturated heterocycles. The van der Waals surface area contributed by atoms with Gasteiger partial charge in [0.15, 0.2) is 0 Å². The van der Waals surface area contributed by atoms with Crippen molar-refractivity contribution in [2.45, 2.75) is 6.92 Å². The number of hydrogen-bond donors (Lipinski definition) is 0. The topological polar surface area (TPSA) is 122 Å². The molecule has 34 heavy (non-hydrogen) atoms. The molecule has 0 spiro atoms. The van der Waals surface area contributed by atoms with Crippen molar-refractivity contribution < 1.29 is 42.8 Å². The highest BCUT2D eigenvalue weighted by molar-refractivity contribution is 5.75. The molecule has 0 saturated carbocycles. The monoisotopic (exact) mass is 482 g/mol. The lowest BCUT2D eigenvalue weighted by Crippen LogP contribution is -2.68. The van der Waals surface area contributed by atoms with Gasteiger partial charge in [0.25, 0.3) is 0 Å². The number of halogens is 1. The highest BCUT2D eigenvalue weighted by atomic mass is 35.7. The van der Waals surface area contributed by atoms with Crippen LogP contribution in [0.1, 0.15) is 5.56 Å². The van der Waals surface area contributed by atoms with Crippen molar-refractivity contribution in [1.82, 2.24) is 0 Å². The van der Waals surface area contributed by atoms with Crippen LogP contribution in [-0.4, -0.2) is 14.2 Å². The Hall–Kier alpha value is -3.46. The average Bonchev–Trinajstić information content (AvgIpc) is 2.83. The van der Waals surface area contributed by atoms with E-state index >= 15 is 0 Å². The van der Waals surface area contributed by atoms with Gasteiger partial charge >= 0.3 is 11.5 Å². The third-order valence-electron chi connectivity index (χ3n) is 4.93. The number of ether oxygens (including phenoxy) is 2. The largest absolute Gasteiger partial charge is 0.497 e. The summed E-state index contributed by atoms with van der Waals surface area (Å²) in [5, 5.41) is 0. The maximum Gasteiger partial charge on any atom is 0.361 e. The predicted octanol–water partition coefficient (Wildman–Crippen LogP) is 2.13. The summed E-state index contributed by atoms with van der Waals surface area (Å²) < 4.78 is 50.8. The maximum absolute atomic E-state index is 8.49. The molecule has 7 nitrogen and oxygen atoms in total. The first kappa shape index (κ1) is 25.2. The minimum atomic E-state index is -4.94. The summed E-state index contributed by atoms with van der Waals surface area (Å²) in [5.41, 5.74) is 5.48. The van der Waals surface area contributed by atoms with E-state index in [4.69, 9.17) is 32.5 Å². The van der Waals surface area contributed by atoms with Gasteiger partial charge in [-0.25, -0.2) is 23.1 Å². The first-order chi connectivity index (χ1) is 16.2. The fraction of sp³-hybridized carbons (Fsp3) is 0.115. The van der Waals surface area contributed by atoms with Crippen LogP contribution >= 0.6 is 0 Å². The van der Waals surface area contributed by atoms with Crippen LogP contribution in [0.2, 0.25) is 0 Å². The normalized spacial score (nSPS) is 10.8. The summed E-state index contributed by atoms with van der Waals surface area (Å²) >= 11 is 0. The molecule has 8 heteroatoms. The first-order valence-electron chi connectivity index (χ1n) is 10.1. The number of hydrogen-bond acceptors (Lipinski definition) is 6. The summed E-state index contributed by atoms with van der Waals surface area (Å²) in [7, 11) is -1.61. The molecular formula is C26H23ClO7. The van der Waals surface area contributed by atoms with Crippen LogP contribution in [0.4, 0.5) is 0 Å². The van der Waals surface area contributed by atoms with Crippen LogP contribution in [0.25, 0.3) is 33.8 Å². The standard InChI is InChI=1S/C26H23O3.ClHO4/c1-18-4-6-19(7-5-18)22-16-25(20-8-12-23(27-2)13-9-20)29-26(17-22)21-10-14-24(28-3)15-11-21;2-1(3,4)5/h4-17H,1-3H3;(H,2,3,4,5)/q+1;/p-1. The predicted molar refractivity (Wildman–Crippen MR) is 117 cm³/mol. The summed E-state index contributed by atoms with van der Waals surface area (Å²) in [6.45, 7) is 2.09. The molecule has 0 aliphatic carbocycles. The van der Waals surface area contributed by atoms with Gasteiger partial charge < -0.3 is 9.47 Å². The molecule has 0 atom stereocenters. The summed E-state index contributed by atoms with van der Waals surface area (Å²) in [6.07, 6.45) is 0. The molecule has 0 unspecified atom stereocenters. The van der Waals surface area contributed by atoms with E-state index in [1.165, 1.54) is 5.56 Å². The van der Waals surface area contributed by atoms with Gasteiger partial charge in [0.2, 0.25) is 0 Å². The van der Waals surface area contributed by atoms with Gasteiger partial charge in [-0.15, -0.1) is 10.2 Å².